The van der Waals surface area contributed by atoms with E-state index in [1.807, 2.05) is 4.90 Å². The smallest absolute Gasteiger partial charge is 0.248 e. The monoisotopic (exact) mass is 524 g/mol. The van der Waals surface area contributed by atoms with Crippen LogP contribution in [0.15, 0.2) is 17.0 Å². The maximum absolute atomic E-state index is 13.1. The first kappa shape index (κ1) is 28.4. The highest BCUT2D eigenvalue weighted by molar-refractivity contribution is 7.89. The summed E-state index contributed by atoms with van der Waals surface area (Å²) in [4.78, 5) is 31.1. The number of hydrogen-bond donors (Lipinski definition) is 0. The van der Waals surface area contributed by atoms with Gasteiger partial charge in [0.15, 0.2) is 0 Å². The molecule has 0 spiro atoms. The number of carbonyl (C=O) groups is 2. The lowest BCUT2D eigenvalue weighted by molar-refractivity contribution is -0.137. The minimum atomic E-state index is -3.72. The van der Waals surface area contributed by atoms with Crippen molar-refractivity contribution in [3.63, 3.8) is 0 Å². The molecule has 202 valence electrons. The van der Waals surface area contributed by atoms with Crippen LogP contribution in [0.1, 0.15) is 30.4 Å². The first-order chi connectivity index (χ1) is 17.0. The molecule has 11 heteroatoms. The quantitative estimate of drug-likeness (QED) is 0.400. The van der Waals surface area contributed by atoms with Gasteiger partial charge >= 0.3 is 0 Å². The Morgan fingerprint density at radius 1 is 1.08 bits per heavy atom. The third-order valence-corrected chi connectivity index (χ3v) is 9.29. The van der Waals surface area contributed by atoms with E-state index in [0.29, 0.717) is 36.5 Å². The SMILES string of the molecule is COc1cc(C)c(S(=O)(=O)N(C)CCOCC(=O)N(C)[C@H]2CCN(C(=O)CN3CCCC3)C2)c(C)c1. The molecular formula is C25H40N4O6S. The van der Waals surface area contributed by atoms with Gasteiger partial charge in [0.2, 0.25) is 21.8 Å². The number of hydrogen-bond acceptors (Lipinski definition) is 7. The van der Waals surface area contributed by atoms with Crippen LogP contribution in [0, 0.1) is 13.8 Å². The summed E-state index contributed by atoms with van der Waals surface area (Å²) in [6, 6.07) is 3.36. The molecule has 1 aromatic carbocycles. The van der Waals surface area contributed by atoms with Crippen molar-refractivity contribution in [2.75, 3.05) is 73.7 Å². The molecule has 2 amide bonds. The van der Waals surface area contributed by atoms with Gasteiger partial charge in [0.1, 0.15) is 12.4 Å². The number of methoxy groups -OCH3 is 1. The Kier molecular flexibility index (Phi) is 9.73. The predicted molar refractivity (Wildman–Crippen MR) is 137 cm³/mol. The molecule has 0 radical (unpaired) electrons. The van der Waals surface area contributed by atoms with E-state index in [2.05, 4.69) is 4.90 Å². The van der Waals surface area contributed by atoms with E-state index in [4.69, 9.17) is 9.47 Å². The highest BCUT2D eigenvalue weighted by atomic mass is 32.2. The summed E-state index contributed by atoms with van der Waals surface area (Å²) < 4.78 is 38.2. The van der Waals surface area contributed by atoms with Crippen LogP contribution in [0.3, 0.4) is 0 Å². The molecule has 3 rings (SSSR count). The van der Waals surface area contributed by atoms with Crippen LogP contribution < -0.4 is 4.74 Å². The first-order valence-corrected chi connectivity index (χ1v) is 13.9. The van der Waals surface area contributed by atoms with E-state index >= 15 is 0 Å². The lowest BCUT2D eigenvalue weighted by Crippen LogP contribution is -2.43. The molecule has 0 saturated carbocycles. The second-order valence-corrected chi connectivity index (χ2v) is 11.7. The Hall–Kier alpha value is -2.21. The summed E-state index contributed by atoms with van der Waals surface area (Å²) in [5, 5.41) is 0. The van der Waals surface area contributed by atoms with Crippen molar-refractivity contribution in [1.29, 1.82) is 0 Å². The van der Waals surface area contributed by atoms with Gasteiger partial charge in [-0.05, 0) is 69.5 Å². The van der Waals surface area contributed by atoms with Gasteiger partial charge in [-0.1, -0.05) is 0 Å². The fourth-order valence-electron chi connectivity index (χ4n) is 4.89. The Morgan fingerprint density at radius 2 is 1.72 bits per heavy atom. The Bertz CT molecular complexity index is 1020. The van der Waals surface area contributed by atoms with Crippen LogP contribution in [0.2, 0.25) is 0 Å². The molecule has 2 saturated heterocycles. The second kappa shape index (κ2) is 12.4. The fraction of sp³-hybridized carbons (Fsp3) is 0.680. The van der Waals surface area contributed by atoms with E-state index in [0.717, 1.165) is 32.4 Å². The zero-order valence-electron chi connectivity index (χ0n) is 22.2. The fourth-order valence-corrected chi connectivity index (χ4v) is 6.44. The van der Waals surface area contributed by atoms with Crippen molar-refractivity contribution < 1.29 is 27.5 Å². The third-order valence-electron chi connectivity index (χ3n) is 7.13. The minimum Gasteiger partial charge on any atom is -0.497 e. The number of amides is 2. The number of carbonyl (C=O) groups excluding carboxylic acids is 2. The molecule has 1 atom stereocenters. The van der Waals surface area contributed by atoms with Crippen LogP contribution in [0.5, 0.6) is 5.75 Å². The van der Waals surface area contributed by atoms with Crippen molar-refractivity contribution in [3.8, 4) is 5.75 Å². The van der Waals surface area contributed by atoms with Crippen LogP contribution in [-0.4, -0.2) is 119 Å². The number of likely N-dealkylation sites (N-methyl/N-ethyl adjacent to an activating group) is 2. The first-order valence-electron chi connectivity index (χ1n) is 12.5. The van der Waals surface area contributed by atoms with Gasteiger partial charge in [-0.25, -0.2) is 8.42 Å². The predicted octanol–water partition coefficient (Wildman–Crippen LogP) is 1.10. The molecule has 2 aliphatic heterocycles. The summed E-state index contributed by atoms with van der Waals surface area (Å²) in [6.45, 7) is 7.17. The number of likely N-dealkylation sites (tertiary alicyclic amines) is 2. The molecule has 0 bridgehead atoms. The molecule has 0 unspecified atom stereocenters. The molecule has 0 aliphatic carbocycles. The largest absolute Gasteiger partial charge is 0.497 e. The van der Waals surface area contributed by atoms with Gasteiger partial charge in [-0.3, -0.25) is 14.5 Å². The van der Waals surface area contributed by atoms with Gasteiger partial charge < -0.3 is 19.3 Å². The number of nitrogens with zero attached hydrogens (tertiary/aromatic N) is 4. The van der Waals surface area contributed by atoms with E-state index in [-0.39, 0.29) is 42.5 Å². The van der Waals surface area contributed by atoms with Gasteiger partial charge in [0.25, 0.3) is 0 Å². The Morgan fingerprint density at radius 3 is 2.33 bits per heavy atom. The maximum Gasteiger partial charge on any atom is 0.248 e. The Labute approximate surface area is 215 Å². The average molecular weight is 525 g/mol. The summed E-state index contributed by atoms with van der Waals surface area (Å²) in [7, 11) is 1.06. The van der Waals surface area contributed by atoms with Crippen molar-refractivity contribution in [2.45, 2.75) is 44.0 Å². The molecule has 2 fully saturated rings. The number of rotatable bonds is 11. The summed E-state index contributed by atoms with van der Waals surface area (Å²) in [6.07, 6.45) is 3.04. The molecule has 0 aromatic heterocycles. The maximum atomic E-state index is 13.1. The van der Waals surface area contributed by atoms with Crippen LogP contribution >= 0.6 is 0 Å². The zero-order chi connectivity index (χ0) is 26.5. The summed E-state index contributed by atoms with van der Waals surface area (Å²) in [5.41, 5.74) is 1.22. The zero-order valence-corrected chi connectivity index (χ0v) is 23.0. The van der Waals surface area contributed by atoms with Crippen LogP contribution in [0.25, 0.3) is 0 Å². The lowest BCUT2D eigenvalue weighted by atomic mass is 10.1. The highest BCUT2D eigenvalue weighted by Crippen LogP contribution is 2.27. The van der Waals surface area contributed by atoms with Gasteiger partial charge in [-0.15, -0.1) is 0 Å². The van der Waals surface area contributed by atoms with E-state index < -0.39 is 10.0 Å². The normalized spacial score (nSPS) is 18.7. The molecule has 2 aliphatic rings. The molecule has 0 N–H and O–H groups in total. The highest BCUT2D eigenvalue weighted by Gasteiger charge is 2.32. The van der Waals surface area contributed by atoms with E-state index in [1.165, 1.54) is 11.4 Å². The average Bonchev–Trinajstić information content (AvgIpc) is 3.52. The van der Waals surface area contributed by atoms with Gasteiger partial charge in [-0.2, -0.15) is 4.31 Å². The molecule has 2 heterocycles. The van der Waals surface area contributed by atoms with Crippen molar-refractivity contribution >= 4 is 21.8 Å². The van der Waals surface area contributed by atoms with Gasteiger partial charge in [0.05, 0.1) is 31.2 Å². The number of benzene rings is 1. The molecular weight excluding hydrogens is 484 g/mol. The Balaban J connectivity index is 1.43. The van der Waals surface area contributed by atoms with Crippen LogP contribution in [0.4, 0.5) is 0 Å². The molecule has 36 heavy (non-hydrogen) atoms. The van der Waals surface area contributed by atoms with E-state index in [1.54, 1.807) is 45.0 Å². The molecule has 10 nitrogen and oxygen atoms in total. The van der Waals surface area contributed by atoms with Crippen molar-refractivity contribution in [2.24, 2.45) is 0 Å². The topological polar surface area (TPSA) is 99.7 Å². The standard InChI is InChI=1S/C25H40N4O6S/c1-19-14-22(34-5)15-20(2)25(19)36(32,33)26(3)12-13-35-18-24(31)27(4)21-8-11-29(16-21)23(30)17-28-9-6-7-10-28/h14-15,21H,6-13,16-18H2,1-5H3/t21-/m0/s1. The van der Waals surface area contributed by atoms with Gasteiger partial charge in [0, 0.05) is 33.7 Å². The second-order valence-electron chi connectivity index (χ2n) is 9.74. The van der Waals surface area contributed by atoms with E-state index in [9.17, 15) is 18.0 Å². The minimum absolute atomic E-state index is 0.0345. The third kappa shape index (κ3) is 6.76. The molecule has 1 aromatic rings. The van der Waals surface area contributed by atoms with Crippen molar-refractivity contribution in [1.82, 2.24) is 19.0 Å². The lowest BCUT2D eigenvalue weighted by Gasteiger charge is -2.26. The number of ether oxygens (including phenoxy) is 2. The van der Waals surface area contributed by atoms with Crippen molar-refractivity contribution in [3.05, 3.63) is 23.3 Å². The number of sulfonamides is 1. The number of aryl methyl sites for hydroxylation is 2. The summed E-state index contributed by atoms with van der Waals surface area (Å²) >= 11 is 0. The van der Waals surface area contributed by atoms with Crippen LogP contribution in [-0.2, 0) is 24.3 Å². The summed E-state index contributed by atoms with van der Waals surface area (Å²) in [5.74, 6) is 0.559.